The standard InChI is InChI=1S/C63H56O4/c1-62(2,3)44-36-52(60(64)54(38-44)58-46-24-11-7-20-40(46)34-41-21-8-12-25-47(41)58)50-28-15-17-30-56(50)66-32-19-33-67-57-31-18-16-29-51(57)53-37-45(63(4,5)6)39-55(61(53)65)59-48-26-13-9-22-42(48)35-43-23-10-14-27-49(43)59/h7-18,20-31,34-39,64-65H,19,32-33H2,1-6H3/p-2. The summed E-state index contributed by atoms with van der Waals surface area (Å²) < 4.78 is 13.1. The first-order valence-corrected chi connectivity index (χ1v) is 23.3. The molecule has 332 valence electrons. The van der Waals surface area contributed by atoms with Gasteiger partial charge >= 0.3 is 0 Å². The molecule has 0 amide bonds. The molecule has 0 saturated carbocycles. The molecule has 0 aliphatic heterocycles. The summed E-state index contributed by atoms with van der Waals surface area (Å²) in [6, 6.07) is 61.7. The lowest BCUT2D eigenvalue weighted by Crippen LogP contribution is -2.13. The molecule has 0 bridgehead atoms. The number of para-hydroxylation sites is 2. The van der Waals surface area contributed by atoms with Gasteiger partial charge in [-0.25, -0.2) is 0 Å². The van der Waals surface area contributed by atoms with E-state index in [4.69, 9.17) is 9.47 Å². The minimum Gasteiger partial charge on any atom is -0.872 e. The SMILES string of the molecule is CC(C)(C)c1cc(-c2ccccc2OCCCOc2ccccc2-c2cc(C(C)(C)C)cc(-c3c4ccccc4cc4ccccc34)c2[O-])c([O-])c(-c2c3ccccc3cc3ccccc23)c1. The highest BCUT2D eigenvalue weighted by molar-refractivity contribution is 6.15. The number of hydrogen-bond acceptors (Lipinski definition) is 4. The van der Waals surface area contributed by atoms with E-state index in [2.05, 4.69) is 126 Å². The normalized spacial score (nSPS) is 12.0. The monoisotopic (exact) mass is 874 g/mol. The van der Waals surface area contributed by atoms with Crippen LogP contribution in [-0.2, 0) is 10.8 Å². The van der Waals surface area contributed by atoms with Gasteiger partial charge in [-0.15, -0.1) is 0 Å². The van der Waals surface area contributed by atoms with Gasteiger partial charge in [0.1, 0.15) is 11.5 Å². The summed E-state index contributed by atoms with van der Waals surface area (Å²) in [5, 5.41) is 38.6. The van der Waals surface area contributed by atoms with Crippen LogP contribution in [0.15, 0.2) is 182 Å². The molecule has 0 radical (unpaired) electrons. The van der Waals surface area contributed by atoms with E-state index in [0.29, 0.717) is 53.4 Å². The summed E-state index contributed by atoms with van der Waals surface area (Å²) >= 11 is 0. The van der Waals surface area contributed by atoms with Crippen molar-refractivity contribution < 1.29 is 19.7 Å². The van der Waals surface area contributed by atoms with Crippen molar-refractivity contribution in [3.05, 3.63) is 193 Å². The van der Waals surface area contributed by atoms with Crippen LogP contribution in [0.5, 0.6) is 23.0 Å². The lowest BCUT2D eigenvalue weighted by Gasteiger charge is -2.28. The molecule has 0 heterocycles. The van der Waals surface area contributed by atoms with Crippen molar-refractivity contribution in [2.75, 3.05) is 13.2 Å². The van der Waals surface area contributed by atoms with Gasteiger partial charge < -0.3 is 19.7 Å². The largest absolute Gasteiger partial charge is 0.872 e. The molecule has 10 rings (SSSR count). The van der Waals surface area contributed by atoms with E-state index in [1.54, 1.807) is 0 Å². The highest BCUT2D eigenvalue weighted by Gasteiger charge is 2.23. The Labute approximate surface area is 393 Å². The van der Waals surface area contributed by atoms with E-state index in [9.17, 15) is 10.2 Å². The minimum absolute atomic E-state index is 0.0319. The molecule has 0 saturated heterocycles. The highest BCUT2D eigenvalue weighted by Crippen LogP contribution is 2.49. The maximum atomic E-state index is 15.0. The Kier molecular flexibility index (Phi) is 11.2. The first kappa shape index (κ1) is 43.3. The van der Waals surface area contributed by atoms with Crippen LogP contribution in [-0.4, -0.2) is 13.2 Å². The molecule has 0 N–H and O–H groups in total. The summed E-state index contributed by atoms with van der Waals surface area (Å²) in [6.07, 6.45) is 0.571. The fraction of sp³-hybridized carbons (Fsp3) is 0.175. The smallest absolute Gasteiger partial charge is 0.127 e. The van der Waals surface area contributed by atoms with Crippen molar-refractivity contribution in [1.82, 2.24) is 0 Å². The number of rotatable bonds is 10. The number of ether oxygens (including phenoxy) is 2. The van der Waals surface area contributed by atoms with E-state index in [1.165, 1.54) is 0 Å². The Bertz CT molecular complexity index is 3150. The molecule has 10 aromatic rings. The van der Waals surface area contributed by atoms with Gasteiger partial charge in [0, 0.05) is 17.5 Å². The number of benzene rings is 10. The van der Waals surface area contributed by atoms with E-state index in [1.807, 2.05) is 97.1 Å². The quantitative estimate of drug-likeness (QED) is 0.101. The van der Waals surface area contributed by atoms with Crippen LogP contribution in [0.3, 0.4) is 0 Å². The average Bonchev–Trinajstić information content (AvgIpc) is 3.32. The van der Waals surface area contributed by atoms with E-state index < -0.39 is 0 Å². The molecule has 0 atom stereocenters. The molecular weight excluding hydrogens is 821 g/mol. The van der Waals surface area contributed by atoms with E-state index in [0.717, 1.165) is 76.5 Å². The number of hydrogen-bond donors (Lipinski definition) is 0. The van der Waals surface area contributed by atoms with Gasteiger partial charge in [-0.3, -0.25) is 0 Å². The molecular formula is C63H54O4-2. The predicted molar refractivity (Wildman–Crippen MR) is 277 cm³/mol. The van der Waals surface area contributed by atoms with Crippen LogP contribution >= 0.6 is 0 Å². The van der Waals surface area contributed by atoms with Gasteiger partial charge in [-0.2, -0.15) is 0 Å². The van der Waals surface area contributed by atoms with Crippen molar-refractivity contribution in [1.29, 1.82) is 0 Å². The molecule has 0 aliphatic carbocycles. The third-order valence-electron chi connectivity index (χ3n) is 13.1. The molecule has 4 heteroatoms. The van der Waals surface area contributed by atoms with E-state index in [-0.39, 0.29) is 22.3 Å². The number of fused-ring (bicyclic) bond motifs is 4. The zero-order valence-corrected chi connectivity index (χ0v) is 39.1. The first-order valence-electron chi connectivity index (χ1n) is 23.3. The Morgan fingerprint density at radius 3 is 0.985 bits per heavy atom. The second-order valence-electron chi connectivity index (χ2n) is 19.7. The maximum Gasteiger partial charge on any atom is 0.127 e. The van der Waals surface area contributed by atoms with Gasteiger partial charge in [0.15, 0.2) is 0 Å². The maximum absolute atomic E-state index is 15.0. The van der Waals surface area contributed by atoms with Crippen molar-refractivity contribution in [3.63, 3.8) is 0 Å². The third kappa shape index (κ3) is 8.23. The minimum atomic E-state index is -0.228. The van der Waals surface area contributed by atoms with Gasteiger partial charge in [-0.05, 0) is 123 Å². The van der Waals surface area contributed by atoms with Crippen molar-refractivity contribution in [2.24, 2.45) is 0 Å². The fourth-order valence-electron chi connectivity index (χ4n) is 9.56. The molecule has 0 aromatic heterocycles. The van der Waals surface area contributed by atoms with Crippen molar-refractivity contribution >= 4 is 43.1 Å². The van der Waals surface area contributed by atoms with Crippen LogP contribution in [0.2, 0.25) is 0 Å². The van der Waals surface area contributed by atoms with Gasteiger partial charge in [0.05, 0.1) is 13.2 Å². The molecule has 10 aromatic carbocycles. The molecule has 67 heavy (non-hydrogen) atoms. The lowest BCUT2D eigenvalue weighted by molar-refractivity contribution is -0.266. The molecule has 4 nitrogen and oxygen atoms in total. The van der Waals surface area contributed by atoms with Crippen LogP contribution in [0.4, 0.5) is 0 Å². The van der Waals surface area contributed by atoms with Gasteiger partial charge in [0.2, 0.25) is 0 Å². The Morgan fingerprint density at radius 2 is 0.642 bits per heavy atom. The van der Waals surface area contributed by atoms with Crippen LogP contribution in [0.1, 0.15) is 59.1 Å². The zero-order valence-electron chi connectivity index (χ0n) is 39.1. The second-order valence-corrected chi connectivity index (χ2v) is 19.7. The summed E-state index contributed by atoms with van der Waals surface area (Å²) in [6.45, 7) is 13.8. The fourth-order valence-corrected chi connectivity index (χ4v) is 9.56. The zero-order chi connectivity index (χ0) is 46.5. The lowest BCUT2D eigenvalue weighted by atomic mass is 9.81. The summed E-state index contributed by atoms with van der Waals surface area (Å²) in [5.41, 5.74) is 7.70. The summed E-state index contributed by atoms with van der Waals surface area (Å²) in [4.78, 5) is 0. The van der Waals surface area contributed by atoms with Crippen LogP contribution in [0.25, 0.3) is 87.6 Å². The highest BCUT2D eigenvalue weighted by atomic mass is 16.5. The Morgan fingerprint density at radius 1 is 0.343 bits per heavy atom. The van der Waals surface area contributed by atoms with Crippen molar-refractivity contribution in [2.45, 2.75) is 58.8 Å². The molecule has 0 fully saturated rings. The molecule has 0 spiro atoms. The average molecular weight is 875 g/mol. The van der Waals surface area contributed by atoms with Crippen LogP contribution < -0.4 is 19.7 Å². The second kappa shape index (κ2) is 17.3. The third-order valence-corrected chi connectivity index (χ3v) is 13.1. The molecule has 0 unspecified atom stereocenters. The first-order chi connectivity index (χ1) is 32.3. The van der Waals surface area contributed by atoms with E-state index >= 15 is 0 Å². The topological polar surface area (TPSA) is 64.6 Å². The molecule has 0 aliphatic rings. The summed E-state index contributed by atoms with van der Waals surface area (Å²) in [5.74, 6) is 1.22. The van der Waals surface area contributed by atoms with Crippen LogP contribution in [0, 0.1) is 0 Å². The summed E-state index contributed by atoms with van der Waals surface area (Å²) in [7, 11) is 0. The predicted octanol–water partition coefficient (Wildman–Crippen LogP) is 15.6. The Hall–Kier alpha value is -7.56. The van der Waals surface area contributed by atoms with Gasteiger partial charge in [-0.1, -0.05) is 211 Å². The van der Waals surface area contributed by atoms with Crippen molar-refractivity contribution in [3.8, 4) is 67.5 Å². The van der Waals surface area contributed by atoms with Gasteiger partial charge in [0.25, 0.3) is 0 Å². The Balaban J connectivity index is 0.956.